The lowest BCUT2D eigenvalue weighted by Gasteiger charge is -2.68. The van der Waals surface area contributed by atoms with Crippen molar-refractivity contribution in [2.24, 2.45) is 45.3 Å². The van der Waals surface area contributed by atoms with E-state index in [-0.39, 0.29) is 60.6 Å². The molecule has 4 saturated heterocycles. The Balaban J connectivity index is 0.000000235. The van der Waals surface area contributed by atoms with Gasteiger partial charge in [0.15, 0.2) is 36.0 Å². The van der Waals surface area contributed by atoms with Gasteiger partial charge in [-0.3, -0.25) is 19.6 Å². The maximum atomic E-state index is 15.6. The lowest BCUT2D eigenvalue weighted by Crippen LogP contribution is -2.77. The minimum Gasteiger partial charge on any atom is -0.495 e. The average molecular weight is 1670 g/mol. The molecule has 118 heavy (non-hydrogen) atoms. The summed E-state index contributed by atoms with van der Waals surface area (Å²) in [5, 5.41) is 44.2. The molecule has 2 aromatic rings. The van der Waals surface area contributed by atoms with Crippen LogP contribution in [0.1, 0.15) is 228 Å². The molecule has 28 nitrogen and oxygen atoms in total. The summed E-state index contributed by atoms with van der Waals surface area (Å²) in [5.74, 6) is -3.76. The molecule has 0 spiro atoms. The second kappa shape index (κ2) is 33.1. The molecular weight excluding hydrogens is 1540 g/mol. The second-order valence-corrected chi connectivity index (χ2v) is 44.5. The zero-order valence-electron chi connectivity index (χ0n) is 74.1. The van der Waals surface area contributed by atoms with E-state index in [0.717, 1.165) is 16.7 Å². The lowest BCUT2D eigenvalue weighted by molar-refractivity contribution is -0.337. The van der Waals surface area contributed by atoms with Crippen molar-refractivity contribution in [1.82, 2.24) is 20.6 Å². The fourth-order valence-electron chi connectivity index (χ4n) is 23.3. The first-order chi connectivity index (χ1) is 54.8. The second-order valence-electron chi connectivity index (χ2n) is 39.1. The number of nitrogens with zero attached hydrogens (tertiary/aromatic N) is 2. The van der Waals surface area contributed by atoms with E-state index >= 15 is 4.79 Å². The number of hydrogen-bond acceptors (Lipinski definition) is 26. The zero-order chi connectivity index (χ0) is 87.5. The number of alkyl carbamates (subject to hydrolysis) is 2. The van der Waals surface area contributed by atoms with E-state index in [2.05, 4.69) is 89.1 Å². The minimum absolute atomic E-state index is 0.0123. The Kier molecular flexibility index (Phi) is 25.7. The number of esters is 4. The topological polar surface area (TPSA) is 351 Å². The molecular formula is C89H132N4O24Si. The van der Waals surface area contributed by atoms with Crippen LogP contribution in [0, 0.1) is 45.3 Å². The van der Waals surface area contributed by atoms with Crippen molar-refractivity contribution in [1.29, 1.82) is 0 Å². The van der Waals surface area contributed by atoms with Gasteiger partial charge in [0.05, 0.1) is 74.6 Å². The Hall–Kier alpha value is -6.90. The standard InChI is InChI=1S/C49H76N2O12Si.C40H56N2O12/c1-18-36-59-39-37-29(8)34(23-49(55,46(37,14)15)30(9)41-47(16,42(39)60-36)22-21-35-48(41,25-57-35)61-31(10)52)58-43(53)40(63-64(26(2)3,27(4)5)28(6)7)38(51-44(54)62-45(11,12)13)33-20-19-32(56-17)24-50-33;1-12-27-51-31-28-20(2)25(50-34(45)30(44)29(42-35(46)54-36(5,6)7)24-14-13-23(48-11)18-41-24)17-40(47,37(28,8)9)21(3)32-38(10,33(31)52-27)16-15-26-39(32,19-49-26)53-22(4)43/h18-20,24,26-28,30,34-36,38-42,55H,1,21-23,25H2,2-17H3,(H,51,54);12-14,18,21,25-27,29-33,44,47H,1,15-17,19H2,2-11H3,(H,42,46)/t30-,34-,35+,36+,38-,39+,40+,41-,42+,47+,48-,49+;21-,25-,26+,27+,29-,30+,31+,32-,33+,38+,39-,40+/m00/s1. The monoisotopic (exact) mass is 1670 g/mol. The summed E-state index contributed by atoms with van der Waals surface area (Å²) in [6.45, 7) is 54.1. The number of aromatic nitrogens is 2. The molecule has 29 heteroatoms. The van der Waals surface area contributed by atoms with Crippen molar-refractivity contribution < 1.29 is 115 Å². The van der Waals surface area contributed by atoms with Crippen LogP contribution in [0.3, 0.4) is 0 Å². The van der Waals surface area contributed by atoms with Crippen LogP contribution in [0.2, 0.25) is 16.6 Å². The predicted octanol–water partition coefficient (Wildman–Crippen LogP) is 13.1. The van der Waals surface area contributed by atoms with Crippen LogP contribution >= 0.6 is 0 Å². The first kappa shape index (κ1) is 91.8. The molecule has 5 N–H and O–H groups in total. The average Bonchev–Trinajstić information content (AvgIpc) is 1.10. The molecule has 0 aromatic carbocycles. The van der Waals surface area contributed by atoms with Gasteiger partial charge in [0, 0.05) is 60.2 Å². The Labute approximate surface area is 697 Å². The van der Waals surface area contributed by atoms with Gasteiger partial charge in [-0.25, -0.2) is 19.2 Å². The number of pyridine rings is 2. The van der Waals surface area contributed by atoms with Gasteiger partial charge >= 0.3 is 36.1 Å². The van der Waals surface area contributed by atoms with Crippen molar-refractivity contribution >= 4 is 44.4 Å². The number of amides is 2. The fourth-order valence-corrected chi connectivity index (χ4v) is 28.8. The molecule has 2 amide bonds. The molecule has 6 heterocycles. The molecule has 0 unspecified atom stereocenters. The van der Waals surface area contributed by atoms with Gasteiger partial charge in [0.2, 0.25) is 8.32 Å². The summed E-state index contributed by atoms with van der Waals surface area (Å²) in [6.07, 6.45) is -3.04. The van der Waals surface area contributed by atoms with Crippen molar-refractivity contribution in [3.8, 4) is 11.5 Å². The van der Waals surface area contributed by atoms with E-state index in [4.69, 9.17) is 70.7 Å². The number of ether oxygens (including phenoxy) is 14. The van der Waals surface area contributed by atoms with E-state index in [0.29, 0.717) is 48.4 Å². The highest BCUT2D eigenvalue weighted by molar-refractivity contribution is 6.77. The maximum absolute atomic E-state index is 15.6. The Morgan fingerprint density at radius 3 is 1.28 bits per heavy atom. The highest BCUT2D eigenvalue weighted by Gasteiger charge is 2.78. The molecule has 10 aliphatic rings. The van der Waals surface area contributed by atoms with E-state index in [9.17, 15) is 39.3 Å². The molecule has 4 aliphatic heterocycles. The number of carbonyl (C=O) groups excluding carboxylic acids is 6. The van der Waals surface area contributed by atoms with Crippen molar-refractivity contribution in [3.05, 3.63) is 95.6 Å². The third-order valence-corrected chi connectivity index (χ3v) is 34.6. The summed E-state index contributed by atoms with van der Waals surface area (Å²) in [6, 6.07) is 3.97. The van der Waals surface area contributed by atoms with Crippen LogP contribution in [0.15, 0.2) is 84.3 Å². The molecule has 12 rings (SSSR count). The van der Waals surface area contributed by atoms with Gasteiger partial charge in [0.25, 0.3) is 0 Å². The molecule has 8 fully saturated rings. The number of fused-ring (bicyclic) bond motifs is 16. The number of aliphatic hydroxyl groups is 3. The molecule has 4 saturated carbocycles. The number of methoxy groups -OCH3 is 2. The quantitative estimate of drug-likeness (QED) is 0.0335. The highest BCUT2D eigenvalue weighted by Crippen LogP contribution is 2.70. The number of aliphatic hydroxyl groups excluding tert-OH is 1. The van der Waals surface area contributed by atoms with Crippen LogP contribution in [0.5, 0.6) is 11.5 Å². The maximum Gasteiger partial charge on any atom is 0.408 e. The van der Waals surface area contributed by atoms with Gasteiger partial charge < -0.3 is 96.7 Å². The molecule has 24 atom stereocenters. The number of hydrogen-bond donors (Lipinski definition) is 5. The Bertz CT molecular complexity index is 4150. The molecule has 4 bridgehead atoms. The number of rotatable bonds is 21. The smallest absolute Gasteiger partial charge is 0.408 e. The van der Waals surface area contributed by atoms with E-state index in [1.165, 1.54) is 46.5 Å². The lowest BCUT2D eigenvalue weighted by atomic mass is 9.43. The molecule has 656 valence electrons. The Morgan fingerprint density at radius 1 is 0.585 bits per heavy atom. The molecule has 6 aliphatic carbocycles. The summed E-state index contributed by atoms with van der Waals surface area (Å²) >= 11 is 0. The van der Waals surface area contributed by atoms with Crippen LogP contribution in [0.4, 0.5) is 9.59 Å². The summed E-state index contributed by atoms with van der Waals surface area (Å²) in [7, 11) is 0.0812. The van der Waals surface area contributed by atoms with E-state index in [1.807, 2.05) is 55.4 Å². The van der Waals surface area contributed by atoms with Crippen molar-refractivity contribution in [2.45, 2.75) is 341 Å². The fraction of sp³-hybridized carbons (Fsp3) is 0.730. The first-order valence-electron chi connectivity index (χ1n) is 41.9. The molecule has 2 aromatic heterocycles. The van der Waals surface area contributed by atoms with E-state index in [1.54, 1.807) is 71.9 Å². The summed E-state index contributed by atoms with van der Waals surface area (Å²) < 4.78 is 93.9. The van der Waals surface area contributed by atoms with E-state index < -0.39 is 197 Å². The van der Waals surface area contributed by atoms with Crippen LogP contribution < -0.4 is 20.1 Å². The first-order valence-corrected chi connectivity index (χ1v) is 44.0. The minimum atomic E-state index is -2.93. The number of carbonyl (C=O) groups is 6. The summed E-state index contributed by atoms with van der Waals surface area (Å²) in [5.41, 5.74) is -6.64. The molecule has 0 radical (unpaired) electrons. The van der Waals surface area contributed by atoms with Gasteiger partial charge in [-0.2, -0.15) is 0 Å². The third kappa shape index (κ3) is 15.8. The number of nitrogens with one attached hydrogen (secondary N) is 2. The summed E-state index contributed by atoms with van der Waals surface area (Å²) in [4.78, 5) is 91.2. The predicted molar refractivity (Wildman–Crippen MR) is 436 cm³/mol. The highest BCUT2D eigenvalue weighted by atomic mass is 28.4. The zero-order valence-corrected chi connectivity index (χ0v) is 75.1. The van der Waals surface area contributed by atoms with Gasteiger partial charge in [0.1, 0.15) is 71.4 Å². The van der Waals surface area contributed by atoms with Crippen molar-refractivity contribution in [3.63, 3.8) is 0 Å². The Morgan fingerprint density at radius 2 is 0.958 bits per heavy atom. The van der Waals surface area contributed by atoms with Crippen LogP contribution in [-0.4, -0.2) is 204 Å². The van der Waals surface area contributed by atoms with Crippen molar-refractivity contribution in [2.75, 3.05) is 27.4 Å². The van der Waals surface area contributed by atoms with Gasteiger partial charge in [-0.15, -0.1) is 0 Å². The van der Waals surface area contributed by atoms with Gasteiger partial charge in [-0.1, -0.05) is 110 Å². The SMILES string of the molecule is C=C[C@@H]1O[C@@H]2C3=C(C)[C@@H](OC(=O)[C@H](O)[C@@H](NC(=O)OC(C)(C)C)c4ccc(OC)cn4)C[C@@](O)([C@@H](C)[C@H]4[C@@](C)(CC[C@H]5OC[C@]54OC(C)=O)[C@@H]2O1)C3(C)C.C=C[C@@H]1O[C@@H]2C3=C(C)[C@@H](OC(=O)[C@H](O[Si](C(C)C)(C(C)C)C(C)C)[C@@H](NC(=O)OC(C)(C)C)c4ccc(OC)cn4)C[C@@](O)([C@@H](C)[C@H]4[C@@](C)(CC[C@H]5OC[C@]54OC(C)=O)[C@@H]2O1)C3(C)C. The normalized spacial score (nSPS) is 35.9. The van der Waals surface area contributed by atoms with Crippen LogP contribution in [0.25, 0.3) is 0 Å². The van der Waals surface area contributed by atoms with Crippen LogP contribution in [-0.2, 0) is 80.4 Å². The largest absolute Gasteiger partial charge is 0.495 e. The van der Waals surface area contributed by atoms with Gasteiger partial charge in [-0.05, 0) is 168 Å². The third-order valence-electron chi connectivity index (χ3n) is 28.5.